The Morgan fingerprint density at radius 1 is 1.07 bits per heavy atom. The molecule has 0 bridgehead atoms. The Labute approximate surface area is 166 Å². The van der Waals surface area contributed by atoms with Crippen LogP contribution in [0.3, 0.4) is 0 Å². The molecule has 7 nitrogen and oxygen atoms in total. The van der Waals surface area contributed by atoms with Gasteiger partial charge in [0.05, 0.1) is 5.39 Å². The average molecular weight is 399 g/mol. The lowest BCUT2D eigenvalue weighted by Crippen LogP contribution is -2.42. The zero-order valence-electron chi connectivity index (χ0n) is 15.2. The van der Waals surface area contributed by atoms with E-state index in [1.807, 2.05) is 12.1 Å². The summed E-state index contributed by atoms with van der Waals surface area (Å²) < 4.78 is 1.22. The highest BCUT2D eigenvalue weighted by Crippen LogP contribution is 2.13. The van der Waals surface area contributed by atoms with Crippen LogP contribution in [0.5, 0.6) is 0 Å². The number of hydrazine groups is 1. The third kappa shape index (κ3) is 4.37. The number of fused-ring (bicyclic) bond motifs is 1. The molecule has 1 aromatic heterocycles. The molecule has 3 rings (SSSR count). The van der Waals surface area contributed by atoms with Gasteiger partial charge in [-0.3, -0.25) is 25.2 Å². The molecular weight excluding hydrogens is 380 g/mol. The Morgan fingerprint density at radius 3 is 2.54 bits per heavy atom. The summed E-state index contributed by atoms with van der Waals surface area (Å²) in [5.41, 5.74) is 5.49. The van der Waals surface area contributed by atoms with Crippen molar-refractivity contribution in [2.24, 2.45) is 0 Å². The highest BCUT2D eigenvalue weighted by Gasteiger charge is 2.16. The van der Waals surface area contributed by atoms with Gasteiger partial charge in [-0.05, 0) is 37.1 Å². The second-order valence-electron chi connectivity index (χ2n) is 6.15. The van der Waals surface area contributed by atoms with Crippen LogP contribution < -0.4 is 16.4 Å². The molecule has 0 aliphatic heterocycles. The molecule has 0 fully saturated rings. The summed E-state index contributed by atoms with van der Waals surface area (Å²) in [6, 6.07) is 14.0. The summed E-state index contributed by atoms with van der Waals surface area (Å²) in [6.45, 7) is 2.10. The van der Waals surface area contributed by atoms with Crippen LogP contribution in [-0.2, 0) is 17.8 Å². The smallest absolute Gasteiger partial charge is 0.273 e. The fourth-order valence-corrected chi connectivity index (χ4v) is 3.03. The highest BCUT2D eigenvalue weighted by atomic mass is 35.5. The molecule has 2 amide bonds. The van der Waals surface area contributed by atoms with Crippen molar-refractivity contribution < 1.29 is 9.59 Å². The van der Waals surface area contributed by atoms with E-state index in [-0.39, 0.29) is 23.6 Å². The van der Waals surface area contributed by atoms with E-state index in [2.05, 4.69) is 16.0 Å². The summed E-state index contributed by atoms with van der Waals surface area (Å²) in [5, 5.41) is 5.57. The summed E-state index contributed by atoms with van der Waals surface area (Å²) in [5.74, 6) is -0.934. The molecule has 3 aromatic rings. The SMILES string of the molecule is CCn1nc(C(=O)NNC(=O)CCc2cccc(Cl)c2)c2ccccc2c1=O. The minimum atomic E-state index is -0.588. The van der Waals surface area contributed by atoms with Crippen molar-refractivity contribution in [3.8, 4) is 0 Å². The van der Waals surface area contributed by atoms with E-state index in [0.717, 1.165) is 5.56 Å². The first-order chi connectivity index (χ1) is 13.5. The molecule has 0 saturated carbocycles. The van der Waals surface area contributed by atoms with E-state index in [0.29, 0.717) is 28.8 Å². The number of nitrogens with zero attached hydrogens (tertiary/aromatic N) is 2. The lowest BCUT2D eigenvalue weighted by Gasteiger charge is -2.11. The summed E-state index contributed by atoms with van der Waals surface area (Å²) in [7, 11) is 0. The lowest BCUT2D eigenvalue weighted by atomic mass is 10.1. The Hall–Kier alpha value is -3.19. The Kier molecular flexibility index (Phi) is 6.06. The maximum absolute atomic E-state index is 12.5. The topological polar surface area (TPSA) is 93.1 Å². The first kappa shape index (κ1) is 19.6. The number of benzene rings is 2. The van der Waals surface area contributed by atoms with Crippen LogP contribution in [0.1, 0.15) is 29.4 Å². The molecule has 1 heterocycles. The number of hydrogen-bond acceptors (Lipinski definition) is 4. The monoisotopic (exact) mass is 398 g/mol. The number of aromatic nitrogens is 2. The minimum absolute atomic E-state index is 0.0761. The molecule has 2 N–H and O–H groups in total. The first-order valence-corrected chi connectivity index (χ1v) is 9.21. The van der Waals surface area contributed by atoms with Gasteiger partial charge in [0.2, 0.25) is 5.91 Å². The van der Waals surface area contributed by atoms with E-state index >= 15 is 0 Å². The third-order valence-corrected chi connectivity index (χ3v) is 4.46. The molecule has 0 unspecified atom stereocenters. The zero-order chi connectivity index (χ0) is 20.1. The molecular formula is C20H19ClN4O3. The van der Waals surface area contributed by atoms with Gasteiger partial charge in [-0.15, -0.1) is 0 Å². The van der Waals surface area contributed by atoms with E-state index < -0.39 is 5.91 Å². The van der Waals surface area contributed by atoms with E-state index in [4.69, 9.17) is 11.6 Å². The van der Waals surface area contributed by atoms with E-state index in [9.17, 15) is 14.4 Å². The quantitative estimate of drug-likeness (QED) is 0.645. The van der Waals surface area contributed by atoms with Gasteiger partial charge in [-0.1, -0.05) is 41.9 Å². The predicted octanol–water partition coefficient (Wildman–Crippen LogP) is 2.46. The predicted molar refractivity (Wildman–Crippen MR) is 107 cm³/mol. The van der Waals surface area contributed by atoms with Gasteiger partial charge in [0.15, 0.2) is 5.69 Å². The summed E-state index contributed by atoms with van der Waals surface area (Å²) >= 11 is 5.93. The molecule has 0 aliphatic carbocycles. The maximum atomic E-state index is 12.5. The number of carbonyl (C=O) groups is 2. The second kappa shape index (κ2) is 8.67. The second-order valence-corrected chi connectivity index (χ2v) is 6.58. The number of rotatable bonds is 5. The van der Waals surface area contributed by atoms with E-state index in [1.165, 1.54) is 4.68 Å². The van der Waals surface area contributed by atoms with Crippen molar-refractivity contribution in [2.45, 2.75) is 26.3 Å². The van der Waals surface area contributed by atoms with Gasteiger partial charge in [0.25, 0.3) is 11.5 Å². The van der Waals surface area contributed by atoms with Gasteiger partial charge in [0, 0.05) is 23.4 Å². The van der Waals surface area contributed by atoms with Crippen LogP contribution in [-0.4, -0.2) is 21.6 Å². The van der Waals surface area contributed by atoms with Crippen molar-refractivity contribution in [1.29, 1.82) is 0 Å². The van der Waals surface area contributed by atoms with Crippen molar-refractivity contribution in [3.05, 3.63) is 75.2 Å². The number of hydrogen-bond donors (Lipinski definition) is 2. The molecule has 2 aromatic carbocycles. The van der Waals surface area contributed by atoms with Gasteiger partial charge in [0.1, 0.15) is 0 Å². The summed E-state index contributed by atoms with van der Waals surface area (Å²) in [6.07, 6.45) is 0.674. The molecule has 0 aliphatic rings. The standard InChI is InChI=1S/C20H19ClN4O3/c1-2-25-20(28)16-9-4-3-8-15(16)18(24-25)19(27)23-22-17(26)11-10-13-6-5-7-14(21)12-13/h3-9,12H,2,10-11H2,1H3,(H,22,26)(H,23,27). The van der Waals surface area contributed by atoms with Gasteiger partial charge >= 0.3 is 0 Å². The van der Waals surface area contributed by atoms with Crippen LogP contribution in [0.4, 0.5) is 0 Å². The summed E-state index contributed by atoms with van der Waals surface area (Å²) in [4.78, 5) is 36.9. The first-order valence-electron chi connectivity index (χ1n) is 8.83. The zero-order valence-corrected chi connectivity index (χ0v) is 16.0. The van der Waals surface area contributed by atoms with Crippen molar-refractivity contribution in [1.82, 2.24) is 20.6 Å². The number of nitrogens with one attached hydrogen (secondary N) is 2. The maximum Gasteiger partial charge on any atom is 0.290 e. The Morgan fingerprint density at radius 2 is 1.82 bits per heavy atom. The molecule has 8 heteroatoms. The number of halogens is 1. The fraction of sp³-hybridized carbons (Fsp3) is 0.200. The van der Waals surface area contributed by atoms with Crippen molar-refractivity contribution in [2.75, 3.05) is 0 Å². The van der Waals surface area contributed by atoms with E-state index in [1.54, 1.807) is 43.3 Å². The van der Waals surface area contributed by atoms with Gasteiger partial charge < -0.3 is 0 Å². The van der Waals surface area contributed by atoms with Crippen LogP contribution in [0, 0.1) is 0 Å². The highest BCUT2D eigenvalue weighted by molar-refractivity contribution is 6.30. The number of carbonyl (C=O) groups excluding carboxylic acids is 2. The Balaban J connectivity index is 1.69. The number of amides is 2. The van der Waals surface area contributed by atoms with Gasteiger partial charge in [-0.2, -0.15) is 5.10 Å². The third-order valence-electron chi connectivity index (χ3n) is 4.23. The lowest BCUT2D eigenvalue weighted by molar-refractivity contribution is -0.121. The van der Waals surface area contributed by atoms with Crippen LogP contribution >= 0.6 is 11.6 Å². The molecule has 28 heavy (non-hydrogen) atoms. The molecule has 0 radical (unpaired) electrons. The number of aryl methyl sites for hydroxylation is 2. The molecule has 0 spiro atoms. The van der Waals surface area contributed by atoms with Crippen LogP contribution in [0.15, 0.2) is 53.3 Å². The van der Waals surface area contributed by atoms with Crippen LogP contribution in [0.25, 0.3) is 10.8 Å². The van der Waals surface area contributed by atoms with Crippen LogP contribution in [0.2, 0.25) is 5.02 Å². The molecule has 0 saturated heterocycles. The molecule has 144 valence electrons. The Bertz CT molecular complexity index is 1090. The minimum Gasteiger partial charge on any atom is -0.273 e. The van der Waals surface area contributed by atoms with Crippen molar-refractivity contribution in [3.63, 3.8) is 0 Å². The molecule has 0 atom stereocenters. The largest absolute Gasteiger partial charge is 0.290 e. The average Bonchev–Trinajstić information content (AvgIpc) is 2.71. The normalized spacial score (nSPS) is 10.6. The van der Waals surface area contributed by atoms with Gasteiger partial charge in [-0.25, -0.2) is 4.68 Å². The fourth-order valence-electron chi connectivity index (χ4n) is 2.82. The van der Waals surface area contributed by atoms with Crippen molar-refractivity contribution >= 4 is 34.2 Å².